The highest BCUT2D eigenvalue weighted by atomic mass is 19.1. The molecule has 34 heavy (non-hydrogen) atoms. The lowest BCUT2D eigenvalue weighted by molar-refractivity contribution is -0.385. The molecule has 0 radical (unpaired) electrons. The Balaban J connectivity index is 1.70. The van der Waals surface area contributed by atoms with Crippen LogP contribution in [0.4, 0.5) is 20.2 Å². The number of para-hydroxylation sites is 1. The predicted octanol–water partition coefficient (Wildman–Crippen LogP) is 5.98. The van der Waals surface area contributed by atoms with Gasteiger partial charge in [-0.2, -0.15) is 0 Å². The number of non-ortho nitro benzene ring substituents is 1. The summed E-state index contributed by atoms with van der Waals surface area (Å²) in [6, 6.07) is 13.8. The Hall–Kier alpha value is -3.94. The second-order valence-corrected chi connectivity index (χ2v) is 8.92. The van der Waals surface area contributed by atoms with Gasteiger partial charge >= 0.3 is 0 Å². The smallest absolute Gasteiger partial charge is 0.274 e. The molecule has 0 aromatic heterocycles. The number of ether oxygens (including phenoxy) is 2. The van der Waals surface area contributed by atoms with Crippen molar-refractivity contribution >= 4 is 17.5 Å². The third-order valence-electron chi connectivity index (χ3n) is 6.75. The monoisotopic (exact) mass is 464 g/mol. The Labute approximate surface area is 195 Å². The van der Waals surface area contributed by atoms with Gasteiger partial charge in [0.25, 0.3) is 5.69 Å². The molecule has 1 unspecified atom stereocenters. The van der Waals surface area contributed by atoms with Crippen LogP contribution in [0.15, 0.2) is 60.7 Å². The molecule has 2 aliphatic heterocycles. The normalized spacial score (nSPS) is 19.5. The van der Waals surface area contributed by atoms with Crippen molar-refractivity contribution in [3.8, 4) is 11.5 Å². The van der Waals surface area contributed by atoms with E-state index in [0.717, 1.165) is 23.4 Å². The third-order valence-corrected chi connectivity index (χ3v) is 6.75. The molecule has 0 amide bonds. The Morgan fingerprint density at radius 1 is 1.12 bits per heavy atom. The lowest BCUT2D eigenvalue weighted by Gasteiger charge is -2.47. The Kier molecular flexibility index (Phi) is 4.86. The van der Waals surface area contributed by atoms with Gasteiger partial charge in [-0.1, -0.05) is 18.2 Å². The molecular formula is C26H22F2N2O4. The second-order valence-electron chi connectivity index (χ2n) is 8.92. The lowest BCUT2D eigenvalue weighted by atomic mass is 9.76. The van der Waals surface area contributed by atoms with Crippen molar-refractivity contribution in [2.45, 2.75) is 31.5 Å². The van der Waals surface area contributed by atoms with Gasteiger partial charge in [-0.25, -0.2) is 8.78 Å². The van der Waals surface area contributed by atoms with Crippen LogP contribution in [0.25, 0.3) is 6.08 Å². The summed E-state index contributed by atoms with van der Waals surface area (Å²) >= 11 is 0. The average Bonchev–Trinajstić information content (AvgIpc) is 2.99. The van der Waals surface area contributed by atoms with Crippen LogP contribution in [0, 0.1) is 21.7 Å². The van der Waals surface area contributed by atoms with Crippen molar-refractivity contribution in [2.24, 2.45) is 0 Å². The fraction of sp³-hybridized carbons (Fsp3) is 0.231. The number of rotatable bonds is 4. The summed E-state index contributed by atoms with van der Waals surface area (Å²) < 4.78 is 40.8. The number of methoxy groups -OCH3 is 1. The number of fused-ring (bicyclic) bond motifs is 2. The van der Waals surface area contributed by atoms with Gasteiger partial charge in [-0.15, -0.1) is 0 Å². The van der Waals surface area contributed by atoms with Crippen molar-refractivity contribution in [1.29, 1.82) is 0 Å². The van der Waals surface area contributed by atoms with E-state index in [-0.39, 0.29) is 23.5 Å². The highest BCUT2D eigenvalue weighted by Gasteiger charge is 2.59. The van der Waals surface area contributed by atoms with Crippen molar-refractivity contribution in [2.75, 3.05) is 12.0 Å². The molecule has 174 valence electrons. The summed E-state index contributed by atoms with van der Waals surface area (Å²) in [5.74, 6) is -0.485. The molecule has 0 bridgehead atoms. The molecule has 6 nitrogen and oxygen atoms in total. The highest BCUT2D eigenvalue weighted by Crippen LogP contribution is 2.56. The fourth-order valence-electron chi connectivity index (χ4n) is 4.96. The summed E-state index contributed by atoms with van der Waals surface area (Å²) in [7, 11) is 1.42. The molecule has 2 heterocycles. The van der Waals surface area contributed by atoms with Crippen LogP contribution < -0.4 is 14.4 Å². The zero-order valence-electron chi connectivity index (χ0n) is 18.8. The van der Waals surface area contributed by atoms with E-state index in [9.17, 15) is 18.9 Å². The molecule has 3 aromatic carbocycles. The number of nitrogens with zero attached hydrogens (tertiary/aromatic N) is 2. The first-order chi connectivity index (χ1) is 16.2. The minimum atomic E-state index is -1.13. The van der Waals surface area contributed by atoms with E-state index in [1.807, 2.05) is 49.1 Å². The largest absolute Gasteiger partial charge is 0.493 e. The van der Waals surface area contributed by atoms with Crippen LogP contribution >= 0.6 is 0 Å². The van der Waals surface area contributed by atoms with Crippen LogP contribution in [0.3, 0.4) is 0 Å². The van der Waals surface area contributed by atoms with Crippen molar-refractivity contribution in [3.63, 3.8) is 0 Å². The topological polar surface area (TPSA) is 64.8 Å². The summed E-state index contributed by atoms with van der Waals surface area (Å²) in [4.78, 5) is 12.8. The Bertz CT molecular complexity index is 1350. The zero-order chi connectivity index (χ0) is 24.3. The van der Waals surface area contributed by atoms with Crippen LogP contribution in [0.5, 0.6) is 11.5 Å². The maximum Gasteiger partial charge on any atom is 0.274 e. The number of halogens is 2. The standard InChI is InChI=1S/C26H22F2N2O4/c1-25(2)20-6-4-5-7-22(20)29(15-17-12-18(27)8-9-21(17)28)26(25)11-10-16-13-19(30(31)32)14-23(33-3)24(16)34-26/h4-14H,15H2,1-3H3. The molecule has 0 saturated heterocycles. The minimum Gasteiger partial charge on any atom is -0.493 e. The molecule has 3 aromatic rings. The zero-order valence-corrected chi connectivity index (χ0v) is 18.8. The van der Waals surface area contributed by atoms with Crippen molar-refractivity contribution in [1.82, 2.24) is 0 Å². The first-order valence-corrected chi connectivity index (χ1v) is 10.7. The molecular weight excluding hydrogens is 442 g/mol. The molecule has 1 spiro atoms. The first kappa shape index (κ1) is 21.9. The third kappa shape index (κ3) is 3.05. The number of hydrogen-bond acceptors (Lipinski definition) is 5. The molecule has 1 atom stereocenters. The van der Waals surface area contributed by atoms with Gasteiger partial charge in [-0.05, 0) is 55.8 Å². The summed E-state index contributed by atoms with van der Waals surface area (Å²) in [6.45, 7) is 4.07. The number of nitro groups is 1. The summed E-state index contributed by atoms with van der Waals surface area (Å²) in [6.07, 6.45) is 3.59. The fourth-order valence-corrected chi connectivity index (χ4v) is 4.96. The lowest BCUT2D eigenvalue weighted by Crippen LogP contribution is -2.59. The molecule has 0 aliphatic carbocycles. The van der Waals surface area contributed by atoms with Crippen molar-refractivity contribution in [3.05, 3.63) is 99.1 Å². The maximum absolute atomic E-state index is 14.7. The molecule has 0 N–H and O–H groups in total. The Morgan fingerprint density at radius 3 is 2.62 bits per heavy atom. The minimum absolute atomic E-state index is 0.0407. The van der Waals surface area contributed by atoms with E-state index in [0.29, 0.717) is 11.3 Å². The van der Waals surface area contributed by atoms with Crippen LogP contribution in [0.1, 0.15) is 30.5 Å². The van der Waals surface area contributed by atoms with Gasteiger partial charge in [0, 0.05) is 22.9 Å². The predicted molar refractivity (Wildman–Crippen MR) is 124 cm³/mol. The SMILES string of the molecule is COc1cc([N+](=O)[O-])cc2c1OC1(C=C2)N(Cc2cc(F)ccc2F)c2ccccc2C1(C)C. The van der Waals surface area contributed by atoms with E-state index in [2.05, 4.69) is 0 Å². The molecule has 8 heteroatoms. The van der Waals surface area contributed by atoms with E-state index < -0.39 is 27.7 Å². The number of hydrogen-bond donors (Lipinski definition) is 0. The first-order valence-electron chi connectivity index (χ1n) is 10.7. The second kappa shape index (κ2) is 7.55. The van der Waals surface area contributed by atoms with Gasteiger partial charge in [0.1, 0.15) is 11.6 Å². The number of anilines is 1. The van der Waals surface area contributed by atoms with E-state index >= 15 is 0 Å². The number of nitro benzene ring substituents is 1. The highest BCUT2D eigenvalue weighted by molar-refractivity contribution is 5.75. The molecule has 2 aliphatic rings. The van der Waals surface area contributed by atoms with Crippen molar-refractivity contribution < 1.29 is 23.2 Å². The quantitative estimate of drug-likeness (QED) is 0.351. The van der Waals surface area contributed by atoms with E-state index in [4.69, 9.17) is 9.47 Å². The molecule has 0 saturated carbocycles. The van der Waals surface area contributed by atoms with E-state index in [1.54, 1.807) is 6.08 Å². The van der Waals surface area contributed by atoms with Gasteiger partial charge in [-0.3, -0.25) is 10.1 Å². The van der Waals surface area contributed by atoms with Crippen LogP contribution in [-0.4, -0.2) is 17.8 Å². The van der Waals surface area contributed by atoms with Crippen LogP contribution in [-0.2, 0) is 12.0 Å². The average molecular weight is 464 g/mol. The summed E-state index contributed by atoms with van der Waals surface area (Å²) in [5.41, 5.74) is 0.601. The Morgan fingerprint density at radius 2 is 1.88 bits per heavy atom. The molecule has 0 fully saturated rings. The van der Waals surface area contributed by atoms with Gasteiger partial charge < -0.3 is 14.4 Å². The van der Waals surface area contributed by atoms with E-state index in [1.165, 1.54) is 25.3 Å². The summed E-state index contributed by atoms with van der Waals surface area (Å²) in [5, 5.41) is 11.4. The van der Waals surface area contributed by atoms with Gasteiger partial charge in [0.2, 0.25) is 5.72 Å². The van der Waals surface area contributed by atoms with Crippen LogP contribution in [0.2, 0.25) is 0 Å². The van der Waals surface area contributed by atoms with Gasteiger partial charge in [0.05, 0.1) is 30.1 Å². The van der Waals surface area contributed by atoms with Gasteiger partial charge in [0.15, 0.2) is 11.5 Å². The molecule has 5 rings (SSSR count). The maximum atomic E-state index is 14.7. The number of benzene rings is 3.